The topological polar surface area (TPSA) is 96.9 Å². The van der Waals surface area contributed by atoms with Crippen molar-refractivity contribution in [2.24, 2.45) is 4.99 Å². The number of anilines is 2. The summed E-state index contributed by atoms with van der Waals surface area (Å²) in [7, 11) is -3.85. The summed E-state index contributed by atoms with van der Waals surface area (Å²) in [6.45, 7) is 2.95. The second-order valence-electron chi connectivity index (χ2n) is 7.00. The molecule has 1 heterocycles. The van der Waals surface area contributed by atoms with Crippen LogP contribution in [0.15, 0.2) is 82.7 Å². The molecule has 3 aromatic rings. The Morgan fingerprint density at radius 3 is 2.32 bits per heavy atom. The maximum absolute atomic E-state index is 13.0. The number of nitrogens with one attached hydrogen (secondary N) is 2. The summed E-state index contributed by atoms with van der Waals surface area (Å²) < 4.78 is 33.6. The molecule has 8 heteroatoms. The van der Waals surface area contributed by atoms with Crippen LogP contribution in [0.1, 0.15) is 21.5 Å². The van der Waals surface area contributed by atoms with Crippen LogP contribution in [0.2, 0.25) is 0 Å². The lowest BCUT2D eigenvalue weighted by Gasteiger charge is -2.14. The molecule has 31 heavy (non-hydrogen) atoms. The van der Waals surface area contributed by atoms with Gasteiger partial charge in [0.05, 0.1) is 33.9 Å². The number of carbonyl (C=O) groups is 1. The fourth-order valence-electron chi connectivity index (χ4n) is 3.16. The number of aliphatic imine (C=N–C) groups is 1. The molecule has 0 spiro atoms. The van der Waals surface area contributed by atoms with E-state index in [0.717, 1.165) is 5.56 Å². The summed E-state index contributed by atoms with van der Waals surface area (Å²) in [6.07, 6.45) is 0. The van der Waals surface area contributed by atoms with Crippen molar-refractivity contribution < 1.29 is 17.9 Å². The second-order valence-corrected chi connectivity index (χ2v) is 8.68. The minimum Gasteiger partial charge on any atom is -0.475 e. The summed E-state index contributed by atoms with van der Waals surface area (Å²) in [5.74, 6) is 0.0255. The summed E-state index contributed by atoms with van der Waals surface area (Å²) >= 11 is 0. The van der Waals surface area contributed by atoms with Gasteiger partial charge in [-0.2, -0.15) is 0 Å². The summed E-state index contributed by atoms with van der Waals surface area (Å²) in [5.41, 5.74) is 2.54. The van der Waals surface area contributed by atoms with Crippen LogP contribution in [-0.2, 0) is 14.8 Å². The van der Waals surface area contributed by atoms with Gasteiger partial charge in [-0.15, -0.1) is 0 Å². The summed E-state index contributed by atoms with van der Waals surface area (Å²) in [6, 6.07) is 20.1. The highest BCUT2D eigenvalue weighted by Crippen LogP contribution is 2.24. The van der Waals surface area contributed by atoms with Gasteiger partial charge in [-0.05, 0) is 43.3 Å². The average molecular weight is 436 g/mol. The molecule has 158 valence electrons. The smallest absolute Gasteiger partial charge is 0.261 e. The first kappa shape index (κ1) is 20.6. The van der Waals surface area contributed by atoms with E-state index in [1.54, 1.807) is 48.5 Å². The van der Waals surface area contributed by atoms with Crippen molar-refractivity contribution in [3.05, 3.63) is 89.5 Å². The number of para-hydroxylation sites is 2. The zero-order valence-corrected chi connectivity index (χ0v) is 17.6. The zero-order chi connectivity index (χ0) is 21.8. The van der Waals surface area contributed by atoms with Crippen molar-refractivity contribution >= 4 is 33.2 Å². The maximum Gasteiger partial charge on any atom is 0.261 e. The van der Waals surface area contributed by atoms with Gasteiger partial charge in [0, 0.05) is 0 Å². The average Bonchev–Trinajstić information content (AvgIpc) is 3.29. The Morgan fingerprint density at radius 2 is 1.61 bits per heavy atom. The SMILES string of the molecule is Cc1ccc(S(=O)(=O)Nc2ccccc2C(=O)Nc2ccccc2C2=NCCO2)cc1. The van der Waals surface area contributed by atoms with E-state index < -0.39 is 15.9 Å². The van der Waals surface area contributed by atoms with E-state index >= 15 is 0 Å². The van der Waals surface area contributed by atoms with Gasteiger partial charge < -0.3 is 10.1 Å². The monoisotopic (exact) mass is 435 g/mol. The van der Waals surface area contributed by atoms with E-state index in [1.807, 2.05) is 19.1 Å². The largest absolute Gasteiger partial charge is 0.475 e. The van der Waals surface area contributed by atoms with Crippen molar-refractivity contribution in [1.82, 2.24) is 0 Å². The van der Waals surface area contributed by atoms with Crippen LogP contribution < -0.4 is 10.0 Å². The molecular weight excluding hydrogens is 414 g/mol. The first-order valence-electron chi connectivity index (χ1n) is 9.70. The Balaban J connectivity index is 1.61. The van der Waals surface area contributed by atoms with Crippen molar-refractivity contribution in [1.29, 1.82) is 0 Å². The second kappa shape index (κ2) is 8.61. The minimum atomic E-state index is -3.85. The van der Waals surface area contributed by atoms with E-state index in [-0.39, 0.29) is 16.1 Å². The molecule has 0 radical (unpaired) electrons. The Hall–Kier alpha value is -3.65. The predicted octanol–water partition coefficient (Wildman–Crippen LogP) is 3.82. The normalized spacial score (nSPS) is 13.3. The number of amides is 1. The lowest BCUT2D eigenvalue weighted by molar-refractivity contribution is 0.102. The predicted molar refractivity (Wildman–Crippen MR) is 120 cm³/mol. The molecule has 0 saturated heterocycles. The Bertz CT molecular complexity index is 1250. The number of ether oxygens (including phenoxy) is 1. The zero-order valence-electron chi connectivity index (χ0n) is 16.8. The molecule has 0 atom stereocenters. The van der Waals surface area contributed by atoms with Crippen LogP contribution >= 0.6 is 0 Å². The number of aryl methyl sites for hydroxylation is 1. The molecule has 3 aromatic carbocycles. The molecule has 0 fully saturated rings. The summed E-state index contributed by atoms with van der Waals surface area (Å²) in [4.78, 5) is 17.5. The first-order valence-corrected chi connectivity index (χ1v) is 11.2. The van der Waals surface area contributed by atoms with Gasteiger partial charge in [0.1, 0.15) is 6.61 Å². The lowest BCUT2D eigenvalue weighted by Crippen LogP contribution is -2.19. The van der Waals surface area contributed by atoms with Gasteiger partial charge in [-0.1, -0.05) is 42.0 Å². The fourth-order valence-corrected chi connectivity index (χ4v) is 4.24. The molecule has 2 N–H and O–H groups in total. The number of hydrogen-bond donors (Lipinski definition) is 2. The molecule has 0 aromatic heterocycles. The fraction of sp³-hybridized carbons (Fsp3) is 0.130. The molecule has 1 amide bonds. The molecule has 0 aliphatic carbocycles. The number of rotatable bonds is 6. The van der Waals surface area contributed by atoms with E-state index in [4.69, 9.17) is 4.74 Å². The number of carbonyl (C=O) groups excluding carboxylic acids is 1. The van der Waals surface area contributed by atoms with E-state index in [9.17, 15) is 13.2 Å². The van der Waals surface area contributed by atoms with Crippen molar-refractivity contribution in [2.75, 3.05) is 23.2 Å². The van der Waals surface area contributed by atoms with Crippen molar-refractivity contribution in [3.63, 3.8) is 0 Å². The number of nitrogens with zero attached hydrogens (tertiary/aromatic N) is 1. The third-order valence-corrected chi connectivity index (χ3v) is 6.12. The summed E-state index contributed by atoms with van der Waals surface area (Å²) in [5, 5.41) is 2.84. The molecule has 4 rings (SSSR count). The highest BCUT2D eigenvalue weighted by Gasteiger charge is 2.20. The van der Waals surface area contributed by atoms with E-state index in [0.29, 0.717) is 30.3 Å². The van der Waals surface area contributed by atoms with Crippen LogP contribution in [0.4, 0.5) is 11.4 Å². The van der Waals surface area contributed by atoms with Crippen LogP contribution in [0, 0.1) is 6.92 Å². The minimum absolute atomic E-state index is 0.120. The Kier molecular flexibility index (Phi) is 5.73. The van der Waals surface area contributed by atoms with Crippen molar-refractivity contribution in [2.45, 2.75) is 11.8 Å². The van der Waals surface area contributed by atoms with E-state index in [1.165, 1.54) is 12.1 Å². The number of hydrogen-bond acceptors (Lipinski definition) is 5. The van der Waals surface area contributed by atoms with Crippen LogP contribution in [-0.4, -0.2) is 33.4 Å². The van der Waals surface area contributed by atoms with Gasteiger partial charge in [0.2, 0.25) is 5.90 Å². The highest BCUT2D eigenvalue weighted by atomic mass is 32.2. The van der Waals surface area contributed by atoms with Gasteiger partial charge in [0.15, 0.2) is 0 Å². The molecule has 1 aliphatic heterocycles. The third kappa shape index (κ3) is 4.59. The standard InChI is InChI=1S/C23H21N3O4S/c1-16-10-12-17(13-11-16)31(28,29)26-21-9-5-2-6-18(21)22(27)25-20-8-4-3-7-19(20)23-24-14-15-30-23/h2-13,26H,14-15H2,1H3,(H,25,27). The first-order chi connectivity index (χ1) is 14.9. The quantitative estimate of drug-likeness (QED) is 0.615. The van der Waals surface area contributed by atoms with Gasteiger partial charge >= 0.3 is 0 Å². The lowest BCUT2D eigenvalue weighted by atomic mass is 10.1. The number of sulfonamides is 1. The van der Waals surface area contributed by atoms with Crippen LogP contribution in [0.5, 0.6) is 0 Å². The van der Waals surface area contributed by atoms with Gasteiger partial charge in [-0.3, -0.25) is 9.52 Å². The van der Waals surface area contributed by atoms with E-state index in [2.05, 4.69) is 15.0 Å². The molecule has 0 saturated carbocycles. The van der Waals surface area contributed by atoms with Crippen molar-refractivity contribution in [3.8, 4) is 0 Å². The Labute approximate surface area is 180 Å². The van der Waals surface area contributed by atoms with Gasteiger partial charge in [-0.25, -0.2) is 13.4 Å². The molecule has 0 unspecified atom stereocenters. The molecule has 1 aliphatic rings. The van der Waals surface area contributed by atoms with Gasteiger partial charge in [0.25, 0.3) is 15.9 Å². The number of benzene rings is 3. The third-order valence-electron chi connectivity index (χ3n) is 4.74. The maximum atomic E-state index is 13.0. The Morgan fingerprint density at radius 1 is 0.935 bits per heavy atom. The van der Waals surface area contributed by atoms with Crippen LogP contribution in [0.3, 0.4) is 0 Å². The highest BCUT2D eigenvalue weighted by molar-refractivity contribution is 7.92. The molecule has 0 bridgehead atoms. The van der Waals surface area contributed by atoms with Crippen LogP contribution in [0.25, 0.3) is 0 Å². The molecule has 7 nitrogen and oxygen atoms in total. The molecular formula is C23H21N3O4S.